The van der Waals surface area contributed by atoms with Gasteiger partial charge in [-0.25, -0.2) is 4.79 Å². The second-order valence-corrected chi connectivity index (χ2v) is 5.53. The molecule has 2 amide bonds. The largest absolute Gasteiger partial charge is 0.497 e. The Hall–Kier alpha value is -3.35. The highest BCUT2D eigenvalue weighted by molar-refractivity contribution is 5.97. The molecule has 26 heavy (non-hydrogen) atoms. The Morgan fingerprint density at radius 3 is 2.15 bits per heavy atom. The Balaban J connectivity index is 1.94. The highest BCUT2D eigenvalue weighted by Gasteiger charge is 2.19. The molecule has 1 atom stereocenters. The van der Waals surface area contributed by atoms with E-state index in [1.54, 1.807) is 42.5 Å². The van der Waals surface area contributed by atoms with Crippen LogP contribution in [0.3, 0.4) is 0 Å². The van der Waals surface area contributed by atoms with Crippen LogP contribution in [-0.4, -0.2) is 31.0 Å². The zero-order valence-electron chi connectivity index (χ0n) is 14.7. The number of benzene rings is 2. The molecule has 0 aliphatic rings. The summed E-state index contributed by atoms with van der Waals surface area (Å²) in [4.78, 5) is 35.3. The summed E-state index contributed by atoms with van der Waals surface area (Å²) in [6.07, 6.45) is -0.983. The molecule has 2 N–H and O–H groups in total. The van der Waals surface area contributed by atoms with Crippen molar-refractivity contribution in [1.29, 1.82) is 0 Å². The third kappa shape index (κ3) is 5.34. The minimum absolute atomic E-state index is 0.181. The molecular weight excluding hydrogens is 336 g/mol. The zero-order valence-corrected chi connectivity index (χ0v) is 14.7. The lowest BCUT2D eigenvalue weighted by atomic mass is 10.2. The second-order valence-electron chi connectivity index (χ2n) is 5.53. The summed E-state index contributed by atoms with van der Waals surface area (Å²) in [6.45, 7) is 2.90. The van der Waals surface area contributed by atoms with Gasteiger partial charge in [0.1, 0.15) is 5.75 Å². The molecule has 0 aromatic heterocycles. The predicted octanol–water partition coefficient (Wildman–Crippen LogP) is 2.84. The van der Waals surface area contributed by atoms with Crippen LogP contribution in [0.5, 0.6) is 5.75 Å². The SMILES string of the molecule is COc1cccc(C(=O)O[C@@H](C)C(=O)Nc2ccc(NC(C)=O)cc2)c1. The molecule has 0 bridgehead atoms. The van der Waals surface area contributed by atoms with Crippen molar-refractivity contribution < 1.29 is 23.9 Å². The van der Waals surface area contributed by atoms with Gasteiger partial charge in [0.15, 0.2) is 6.10 Å². The lowest BCUT2D eigenvalue weighted by molar-refractivity contribution is -0.123. The third-order valence-electron chi connectivity index (χ3n) is 3.43. The van der Waals surface area contributed by atoms with Gasteiger partial charge in [0, 0.05) is 18.3 Å². The molecule has 0 spiro atoms. The van der Waals surface area contributed by atoms with E-state index in [2.05, 4.69) is 10.6 Å². The molecule has 2 aromatic rings. The molecule has 7 nitrogen and oxygen atoms in total. The topological polar surface area (TPSA) is 93.7 Å². The van der Waals surface area contributed by atoms with Gasteiger partial charge < -0.3 is 20.1 Å². The van der Waals surface area contributed by atoms with Gasteiger partial charge in [0.2, 0.25) is 5.91 Å². The van der Waals surface area contributed by atoms with Crippen molar-refractivity contribution in [2.24, 2.45) is 0 Å². The smallest absolute Gasteiger partial charge is 0.339 e. The predicted molar refractivity (Wildman–Crippen MR) is 97.2 cm³/mol. The average Bonchev–Trinajstić information content (AvgIpc) is 2.62. The fourth-order valence-electron chi connectivity index (χ4n) is 2.12. The van der Waals surface area contributed by atoms with Crippen molar-refractivity contribution in [3.05, 3.63) is 54.1 Å². The molecule has 136 valence electrons. The van der Waals surface area contributed by atoms with Crippen LogP contribution < -0.4 is 15.4 Å². The van der Waals surface area contributed by atoms with Gasteiger partial charge in [-0.2, -0.15) is 0 Å². The molecule has 0 saturated heterocycles. The van der Waals surface area contributed by atoms with E-state index >= 15 is 0 Å². The highest BCUT2D eigenvalue weighted by atomic mass is 16.5. The third-order valence-corrected chi connectivity index (χ3v) is 3.43. The summed E-state index contributed by atoms with van der Waals surface area (Å²) in [5.41, 5.74) is 1.44. The Morgan fingerprint density at radius 2 is 1.58 bits per heavy atom. The van der Waals surface area contributed by atoms with Crippen molar-refractivity contribution >= 4 is 29.2 Å². The van der Waals surface area contributed by atoms with Crippen LogP contribution in [0.15, 0.2) is 48.5 Å². The van der Waals surface area contributed by atoms with Gasteiger partial charge in [-0.1, -0.05) is 6.07 Å². The standard InChI is InChI=1S/C19H20N2O5/c1-12(26-19(24)14-5-4-6-17(11-14)25-3)18(23)21-16-9-7-15(8-10-16)20-13(2)22/h4-12H,1-3H3,(H,20,22)(H,21,23)/t12-/m0/s1. The van der Waals surface area contributed by atoms with E-state index in [1.165, 1.54) is 27.0 Å². The van der Waals surface area contributed by atoms with Gasteiger partial charge in [-0.15, -0.1) is 0 Å². The molecule has 2 rings (SSSR count). The van der Waals surface area contributed by atoms with Gasteiger partial charge in [-0.3, -0.25) is 9.59 Å². The van der Waals surface area contributed by atoms with Gasteiger partial charge >= 0.3 is 5.97 Å². The molecule has 7 heteroatoms. The zero-order chi connectivity index (χ0) is 19.1. The maximum atomic E-state index is 12.2. The lowest BCUT2D eigenvalue weighted by Gasteiger charge is -2.14. The van der Waals surface area contributed by atoms with Crippen LogP contribution in [0.4, 0.5) is 11.4 Å². The van der Waals surface area contributed by atoms with E-state index in [0.29, 0.717) is 22.7 Å². The number of hydrogen-bond acceptors (Lipinski definition) is 5. The molecule has 0 aliphatic carbocycles. The summed E-state index contributed by atoms with van der Waals surface area (Å²) >= 11 is 0. The lowest BCUT2D eigenvalue weighted by Crippen LogP contribution is -2.30. The molecule has 0 radical (unpaired) electrons. The van der Waals surface area contributed by atoms with Crippen LogP contribution in [0, 0.1) is 0 Å². The first-order valence-electron chi connectivity index (χ1n) is 7.92. The molecule has 0 heterocycles. The number of esters is 1. The number of anilines is 2. The Morgan fingerprint density at radius 1 is 0.962 bits per heavy atom. The average molecular weight is 356 g/mol. The first kappa shape index (κ1) is 19.0. The normalized spacial score (nSPS) is 11.2. The van der Waals surface area contributed by atoms with Crippen LogP contribution in [-0.2, 0) is 14.3 Å². The quantitative estimate of drug-likeness (QED) is 0.776. The molecule has 0 fully saturated rings. The molecule has 0 saturated carbocycles. The minimum Gasteiger partial charge on any atom is -0.497 e. The number of ether oxygens (including phenoxy) is 2. The van der Waals surface area contributed by atoms with Crippen LogP contribution in [0.2, 0.25) is 0 Å². The number of carbonyl (C=O) groups excluding carboxylic acids is 3. The number of carbonyl (C=O) groups is 3. The van der Waals surface area contributed by atoms with Crippen LogP contribution in [0.1, 0.15) is 24.2 Å². The summed E-state index contributed by atoms with van der Waals surface area (Å²) < 4.78 is 10.2. The van der Waals surface area contributed by atoms with Crippen molar-refractivity contribution in [3.8, 4) is 5.75 Å². The van der Waals surface area contributed by atoms with Crippen LogP contribution >= 0.6 is 0 Å². The monoisotopic (exact) mass is 356 g/mol. The van der Waals surface area contributed by atoms with E-state index in [4.69, 9.17) is 9.47 Å². The Labute approximate surface area is 151 Å². The van der Waals surface area contributed by atoms with Gasteiger partial charge in [0.05, 0.1) is 12.7 Å². The first-order valence-corrected chi connectivity index (χ1v) is 7.92. The summed E-state index contributed by atoms with van der Waals surface area (Å²) in [5.74, 6) is -0.739. The van der Waals surface area contributed by atoms with Crippen molar-refractivity contribution in [1.82, 2.24) is 0 Å². The fourth-order valence-corrected chi connectivity index (χ4v) is 2.12. The summed E-state index contributed by atoms with van der Waals surface area (Å²) in [7, 11) is 1.50. The van der Waals surface area contributed by atoms with Gasteiger partial charge in [-0.05, 0) is 49.4 Å². The first-order chi connectivity index (χ1) is 12.4. The number of methoxy groups -OCH3 is 1. The minimum atomic E-state index is -0.983. The Kier molecular flexibility index (Phi) is 6.32. The summed E-state index contributed by atoms with van der Waals surface area (Å²) in [5, 5.41) is 5.28. The number of nitrogens with one attached hydrogen (secondary N) is 2. The molecular formula is C19H20N2O5. The molecule has 0 unspecified atom stereocenters. The van der Waals surface area contributed by atoms with Crippen molar-refractivity contribution in [2.45, 2.75) is 20.0 Å². The fraction of sp³-hybridized carbons (Fsp3) is 0.211. The van der Waals surface area contributed by atoms with E-state index in [-0.39, 0.29) is 5.91 Å². The number of rotatable bonds is 6. The number of hydrogen-bond donors (Lipinski definition) is 2. The van der Waals surface area contributed by atoms with E-state index in [0.717, 1.165) is 0 Å². The van der Waals surface area contributed by atoms with E-state index in [1.807, 2.05) is 0 Å². The highest BCUT2D eigenvalue weighted by Crippen LogP contribution is 2.16. The maximum absolute atomic E-state index is 12.2. The molecule has 2 aromatic carbocycles. The molecule has 0 aliphatic heterocycles. The van der Waals surface area contributed by atoms with Crippen molar-refractivity contribution in [3.63, 3.8) is 0 Å². The number of amides is 2. The summed E-state index contributed by atoms with van der Waals surface area (Å²) in [6, 6.07) is 13.1. The second kappa shape index (κ2) is 8.66. The van der Waals surface area contributed by atoms with Crippen molar-refractivity contribution in [2.75, 3.05) is 17.7 Å². The van der Waals surface area contributed by atoms with E-state index in [9.17, 15) is 14.4 Å². The van der Waals surface area contributed by atoms with Crippen LogP contribution in [0.25, 0.3) is 0 Å². The van der Waals surface area contributed by atoms with E-state index < -0.39 is 18.0 Å². The van der Waals surface area contributed by atoms with Gasteiger partial charge in [0.25, 0.3) is 5.91 Å². The maximum Gasteiger partial charge on any atom is 0.339 e. The Bertz CT molecular complexity index is 802.